The highest BCUT2D eigenvalue weighted by molar-refractivity contribution is 5.94. The van der Waals surface area contributed by atoms with E-state index in [0.29, 0.717) is 18.4 Å². The minimum atomic E-state index is -1.40. The number of likely N-dealkylation sites (tertiary alicyclic amines) is 1. The van der Waals surface area contributed by atoms with Gasteiger partial charge in [-0.1, -0.05) is 26.0 Å². The van der Waals surface area contributed by atoms with Crippen LogP contribution in [0.2, 0.25) is 0 Å². The van der Waals surface area contributed by atoms with Crippen LogP contribution < -0.4 is 16.4 Å². The summed E-state index contributed by atoms with van der Waals surface area (Å²) in [5.41, 5.74) is 6.60. The fourth-order valence-corrected chi connectivity index (χ4v) is 4.08. The quantitative estimate of drug-likeness (QED) is 0.244. The van der Waals surface area contributed by atoms with Gasteiger partial charge >= 0.3 is 5.97 Å². The summed E-state index contributed by atoms with van der Waals surface area (Å²) in [6.45, 7) is 5.35. The van der Waals surface area contributed by atoms with Crippen LogP contribution in [0.1, 0.15) is 45.6 Å². The lowest BCUT2D eigenvalue weighted by atomic mass is 10.0. The Hall–Kier alpha value is -3.18. The van der Waals surface area contributed by atoms with Crippen molar-refractivity contribution in [2.24, 2.45) is 11.7 Å². The van der Waals surface area contributed by atoms with Crippen molar-refractivity contribution in [3.8, 4) is 5.75 Å². The van der Waals surface area contributed by atoms with Crippen molar-refractivity contribution < 1.29 is 34.5 Å². The van der Waals surface area contributed by atoms with Crippen molar-refractivity contribution in [2.45, 2.75) is 76.7 Å². The molecule has 1 heterocycles. The number of phenolic OH excluding ortho intramolecular Hbond substituents is 1. The van der Waals surface area contributed by atoms with Crippen molar-refractivity contribution >= 4 is 23.7 Å². The Bertz CT molecular complexity index is 904. The van der Waals surface area contributed by atoms with Gasteiger partial charge in [-0.05, 0) is 49.8 Å². The van der Waals surface area contributed by atoms with E-state index in [2.05, 4.69) is 10.6 Å². The second-order valence-electron chi connectivity index (χ2n) is 9.42. The van der Waals surface area contributed by atoms with Gasteiger partial charge in [0.2, 0.25) is 17.7 Å². The summed E-state index contributed by atoms with van der Waals surface area (Å²) in [6, 6.07) is 1.67. The maximum atomic E-state index is 13.2. The predicted molar refractivity (Wildman–Crippen MR) is 127 cm³/mol. The van der Waals surface area contributed by atoms with Crippen LogP contribution in [0.15, 0.2) is 24.3 Å². The highest BCUT2D eigenvalue weighted by atomic mass is 16.4. The number of carbonyl (C=O) groups is 4. The molecule has 7 N–H and O–H groups in total. The summed E-state index contributed by atoms with van der Waals surface area (Å²) in [7, 11) is 0. The van der Waals surface area contributed by atoms with Crippen LogP contribution in [-0.4, -0.2) is 80.7 Å². The normalized spacial score (nSPS) is 19.0. The van der Waals surface area contributed by atoms with Crippen LogP contribution in [0.4, 0.5) is 0 Å². The van der Waals surface area contributed by atoms with Gasteiger partial charge in [-0.15, -0.1) is 0 Å². The van der Waals surface area contributed by atoms with Crippen LogP contribution in [0, 0.1) is 5.92 Å². The molecule has 194 valence electrons. The molecule has 0 radical (unpaired) electrons. The minimum absolute atomic E-state index is 0.0361. The van der Waals surface area contributed by atoms with E-state index in [1.54, 1.807) is 12.1 Å². The van der Waals surface area contributed by atoms with E-state index in [0.717, 1.165) is 4.90 Å². The number of aliphatic hydroxyl groups excluding tert-OH is 1. The van der Waals surface area contributed by atoms with Gasteiger partial charge < -0.3 is 36.6 Å². The van der Waals surface area contributed by atoms with Gasteiger partial charge in [-0.25, -0.2) is 4.79 Å². The predicted octanol–water partition coefficient (Wildman–Crippen LogP) is -0.266. The molecule has 1 saturated heterocycles. The molecule has 1 aromatic rings. The average molecular weight is 493 g/mol. The minimum Gasteiger partial charge on any atom is -0.508 e. The third kappa shape index (κ3) is 7.93. The molecule has 1 aliphatic heterocycles. The summed E-state index contributed by atoms with van der Waals surface area (Å²) >= 11 is 0. The number of rotatable bonds is 11. The number of nitrogens with zero attached hydrogens (tertiary/aromatic N) is 1. The highest BCUT2D eigenvalue weighted by Gasteiger charge is 2.40. The van der Waals surface area contributed by atoms with Crippen LogP contribution >= 0.6 is 0 Å². The number of nitrogens with two attached hydrogens (primary N) is 1. The molecule has 1 fully saturated rings. The van der Waals surface area contributed by atoms with Crippen molar-refractivity contribution in [1.29, 1.82) is 0 Å². The molecule has 3 amide bonds. The first-order chi connectivity index (χ1) is 16.4. The number of carbonyl (C=O) groups excluding carboxylic acids is 3. The number of nitrogens with one attached hydrogen (secondary N) is 2. The summed E-state index contributed by atoms with van der Waals surface area (Å²) in [5.74, 6) is -2.93. The van der Waals surface area contributed by atoms with E-state index in [-0.39, 0.29) is 31.1 Å². The molecule has 0 aromatic heterocycles. The monoisotopic (exact) mass is 492 g/mol. The summed E-state index contributed by atoms with van der Waals surface area (Å²) in [6.07, 6.45) is -0.0888. The van der Waals surface area contributed by atoms with E-state index in [4.69, 9.17) is 5.73 Å². The third-order valence-corrected chi connectivity index (χ3v) is 5.94. The van der Waals surface area contributed by atoms with Gasteiger partial charge in [0.15, 0.2) is 0 Å². The molecule has 0 aliphatic carbocycles. The van der Waals surface area contributed by atoms with Crippen LogP contribution in [0.3, 0.4) is 0 Å². The van der Waals surface area contributed by atoms with Gasteiger partial charge in [0.25, 0.3) is 0 Å². The van der Waals surface area contributed by atoms with Gasteiger partial charge in [0, 0.05) is 13.0 Å². The Morgan fingerprint density at radius 2 is 1.71 bits per heavy atom. The Labute approximate surface area is 204 Å². The molecule has 0 saturated carbocycles. The number of carboxylic acids is 1. The fraction of sp³-hybridized carbons (Fsp3) is 0.583. The summed E-state index contributed by atoms with van der Waals surface area (Å²) in [5, 5.41) is 34.3. The molecule has 1 aromatic carbocycles. The second-order valence-corrected chi connectivity index (χ2v) is 9.42. The highest BCUT2D eigenvalue weighted by Crippen LogP contribution is 2.19. The molecular formula is C24H36N4O7. The second kappa shape index (κ2) is 12.5. The van der Waals surface area contributed by atoms with Crippen LogP contribution in [-0.2, 0) is 25.6 Å². The SMILES string of the molecule is CC(C)CC(N)C(=O)NC(Cc1ccc(O)cc1)C(=O)NC(C(=O)N1CCCC1C(=O)O)C(C)O. The zero-order valence-corrected chi connectivity index (χ0v) is 20.3. The van der Waals surface area contributed by atoms with Crippen molar-refractivity contribution in [3.63, 3.8) is 0 Å². The number of benzene rings is 1. The molecule has 5 unspecified atom stereocenters. The Kier molecular flexibility index (Phi) is 10.0. The van der Waals surface area contributed by atoms with Crippen molar-refractivity contribution in [2.75, 3.05) is 6.54 Å². The lowest BCUT2D eigenvalue weighted by Gasteiger charge is -2.30. The number of amides is 3. The maximum Gasteiger partial charge on any atom is 0.326 e. The first-order valence-electron chi connectivity index (χ1n) is 11.8. The van der Waals surface area contributed by atoms with Gasteiger partial charge in [-0.2, -0.15) is 0 Å². The lowest BCUT2D eigenvalue weighted by Crippen LogP contribution is -2.60. The first-order valence-corrected chi connectivity index (χ1v) is 11.8. The largest absolute Gasteiger partial charge is 0.508 e. The van der Waals surface area contributed by atoms with E-state index in [9.17, 15) is 34.5 Å². The molecule has 0 bridgehead atoms. The van der Waals surface area contributed by atoms with E-state index in [1.807, 2.05) is 13.8 Å². The summed E-state index contributed by atoms with van der Waals surface area (Å²) in [4.78, 5) is 51.6. The smallest absolute Gasteiger partial charge is 0.326 e. The number of phenols is 1. The molecule has 2 rings (SSSR count). The number of carboxylic acid groups (broad SMARTS) is 1. The maximum absolute atomic E-state index is 13.2. The van der Waals surface area contributed by atoms with E-state index in [1.165, 1.54) is 19.1 Å². The number of aliphatic carboxylic acids is 1. The fourth-order valence-electron chi connectivity index (χ4n) is 4.08. The standard InChI is InChI=1S/C24H36N4O7/c1-13(2)11-17(25)21(31)26-18(12-15-6-8-16(30)9-7-15)22(32)27-20(14(3)29)23(33)28-10-4-5-19(28)24(34)35/h6-9,13-14,17-20,29-30H,4-5,10-12,25H2,1-3H3,(H,26,31)(H,27,32)(H,34,35). The average Bonchev–Trinajstić information content (AvgIpc) is 3.27. The zero-order valence-electron chi connectivity index (χ0n) is 20.3. The van der Waals surface area contributed by atoms with E-state index >= 15 is 0 Å². The van der Waals surface area contributed by atoms with Crippen molar-refractivity contribution in [1.82, 2.24) is 15.5 Å². The number of aliphatic hydroxyl groups is 1. The van der Waals surface area contributed by atoms with Gasteiger partial charge in [0.1, 0.15) is 23.9 Å². The first kappa shape index (κ1) is 28.1. The lowest BCUT2D eigenvalue weighted by molar-refractivity contribution is -0.150. The Morgan fingerprint density at radius 1 is 1.09 bits per heavy atom. The molecule has 11 nitrogen and oxygen atoms in total. The van der Waals surface area contributed by atoms with Crippen molar-refractivity contribution in [3.05, 3.63) is 29.8 Å². The van der Waals surface area contributed by atoms with Gasteiger partial charge in [-0.3, -0.25) is 14.4 Å². The van der Waals surface area contributed by atoms with Crippen LogP contribution in [0.5, 0.6) is 5.75 Å². The third-order valence-electron chi connectivity index (χ3n) is 5.94. The molecule has 5 atom stereocenters. The molecule has 35 heavy (non-hydrogen) atoms. The molecule has 11 heteroatoms. The molecular weight excluding hydrogens is 456 g/mol. The topological polar surface area (TPSA) is 182 Å². The number of hydrogen-bond donors (Lipinski definition) is 6. The van der Waals surface area contributed by atoms with E-state index < -0.39 is 54.0 Å². The number of hydrogen-bond acceptors (Lipinski definition) is 7. The Morgan fingerprint density at radius 3 is 2.26 bits per heavy atom. The Balaban J connectivity index is 2.23. The molecule has 0 spiro atoms. The van der Waals surface area contributed by atoms with Crippen LogP contribution in [0.25, 0.3) is 0 Å². The van der Waals surface area contributed by atoms with Gasteiger partial charge in [0.05, 0.1) is 12.1 Å². The zero-order chi connectivity index (χ0) is 26.3. The number of aromatic hydroxyl groups is 1. The molecule has 1 aliphatic rings. The summed E-state index contributed by atoms with van der Waals surface area (Å²) < 4.78 is 0.